The van der Waals surface area contributed by atoms with Gasteiger partial charge in [-0.2, -0.15) is 0 Å². The first kappa shape index (κ1) is 8.97. The number of aromatic nitrogens is 1. The Hall–Kier alpha value is -1.61. The summed E-state index contributed by atoms with van der Waals surface area (Å²) in [5, 5.41) is 11.3. The van der Waals surface area contributed by atoms with Crippen molar-refractivity contribution in [3.05, 3.63) is 36.2 Å². The summed E-state index contributed by atoms with van der Waals surface area (Å²) in [5.41, 5.74) is 6.86. The maximum absolute atomic E-state index is 9.60. The van der Waals surface area contributed by atoms with Gasteiger partial charge in [0.2, 0.25) is 0 Å². The summed E-state index contributed by atoms with van der Waals surface area (Å²) >= 11 is 0. The van der Waals surface area contributed by atoms with Crippen LogP contribution in [0.5, 0.6) is 5.75 Å². The standard InChI is InChI=1S/C11H12N2O/c1-7(12)8-2-3-11(14)10-6-13-5-4-9(8)10/h2-7,14H,12H2,1H3. The van der Waals surface area contributed by atoms with Crippen LogP contribution in [0.25, 0.3) is 10.8 Å². The van der Waals surface area contributed by atoms with Gasteiger partial charge in [-0.3, -0.25) is 4.98 Å². The molecule has 0 saturated heterocycles. The van der Waals surface area contributed by atoms with Crippen LogP contribution >= 0.6 is 0 Å². The number of hydrogen-bond donors (Lipinski definition) is 2. The lowest BCUT2D eigenvalue weighted by atomic mass is 10.0. The minimum Gasteiger partial charge on any atom is -0.507 e. The Bertz CT molecular complexity index is 466. The first-order valence-corrected chi connectivity index (χ1v) is 4.51. The number of pyridine rings is 1. The molecule has 0 aliphatic heterocycles. The molecule has 0 spiro atoms. The van der Waals surface area contributed by atoms with E-state index in [9.17, 15) is 5.11 Å². The van der Waals surface area contributed by atoms with Gasteiger partial charge in [-0.15, -0.1) is 0 Å². The lowest BCUT2D eigenvalue weighted by Gasteiger charge is -2.10. The lowest BCUT2D eigenvalue weighted by Crippen LogP contribution is -2.05. The van der Waals surface area contributed by atoms with Crippen LogP contribution in [0.15, 0.2) is 30.6 Å². The first-order chi connectivity index (χ1) is 6.70. The molecule has 1 heterocycles. The molecule has 14 heavy (non-hydrogen) atoms. The minimum absolute atomic E-state index is 0.0412. The van der Waals surface area contributed by atoms with E-state index in [1.54, 1.807) is 18.5 Å². The number of nitrogens with two attached hydrogens (primary N) is 1. The molecule has 1 aromatic heterocycles. The normalized spacial score (nSPS) is 13.0. The van der Waals surface area contributed by atoms with Crippen molar-refractivity contribution >= 4 is 10.8 Å². The highest BCUT2D eigenvalue weighted by molar-refractivity contribution is 5.90. The molecule has 2 rings (SSSR count). The SMILES string of the molecule is CC(N)c1ccc(O)c2cnccc12. The van der Waals surface area contributed by atoms with Gasteiger partial charge in [0.05, 0.1) is 0 Å². The number of nitrogens with zero attached hydrogens (tertiary/aromatic N) is 1. The van der Waals surface area contributed by atoms with Crippen molar-refractivity contribution in [2.24, 2.45) is 5.73 Å². The summed E-state index contributed by atoms with van der Waals surface area (Å²) in [7, 11) is 0. The number of aromatic hydroxyl groups is 1. The Balaban J connectivity index is 2.82. The van der Waals surface area contributed by atoms with Crippen LogP contribution in [0.3, 0.4) is 0 Å². The monoisotopic (exact) mass is 188 g/mol. The Morgan fingerprint density at radius 2 is 2.07 bits per heavy atom. The number of benzene rings is 1. The molecule has 0 fully saturated rings. The second kappa shape index (κ2) is 3.27. The van der Waals surface area contributed by atoms with Gasteiger partial charge in [0.1, 0.15) is 5.75 Å². The number of hydrogen-bond acceptors (Lipinski definition) is 3. The van der Waals surface area contributed by atoms with Gasteiger partial charge >= 0.3 is 0 Å². The molecule has 0 saturated carbocycles. The van der Waals surface area contributed by atoms with Gasteiger partial charge in [0.15, 0.2) is 0 Å². The van der Waals surface area contributed by atoms with Crippen molar-refractivity contribution in [2.45, 2.75) is 13.0 Å². The Morgan fingerprint density at radius 3 is 2.79 bits per heavy atom. The third-order valence-corrected chi connectivity index (χ3v) is 2.32. The van der Waals surface area contributed by atoms with E-state index in [0.717, 1.165) is 16.3 Å². The van der Waals surface area contributed by atoms with Gasteiger partial charge in [-0.1, -0.05) is 6.07 Å². The minimum atomic E-state index is -0.0412. The van der Waals surface area contributed by atoms with Crippen molar-refractivity contribution in [3.8, 4) is 5.75 Å². The van der Waals surface area contributed by atoms with Crippen LogP contribution in [0, 0.1) is 0 Å². The Morgan fingerprint density at radius 1 is 1.29 bits per heavy atom. The molecule has 0 radical (unpaired) electrons. The summed E-state index contributed by atoms with van der Waals surface area (Å²) in [6.45, 7) is 1.92. The molecule has 1 atom stereocenters. The molecule has 0 amide bonds. The molecular weight excluding hydrogens is 176 g/mol. The van der Waals surface area contributed by atoms with Gasteiger partial charge in [-0.05, 0) is 30.0 Å². The van der Waals surface area contributed by atoms with E-state index in [1.807, 2.05) is 19.1 Å². The molecule has 3 heteroatoms. The third-order valence-electron chi connectivity index (χ3n) is 2.32. The average Bonchev–Trinajstić information content (AvgIpc) is 2.18. The van der Waals surface area contributed by atoms with E-state index in [2.05, 4.69) is 4.98 Å². The smallest absolute Gasteiger partial charge is 0.124 e. The number of fused-ring (bicyclic) bond motifs is 1. The van der Waals surface area contributed by atoms with E-state index in [-0.39, 0.29) is 11.8 Å². The predicted molar refractivity (Wildman–Crippen MR) is 56.0 cm³/mol. The number of phenolic OH excluding ortho intramolecular Hbond substituents is 1. The molecule has 3 nitrogen and oxygen atoms in total. The van der Waals surface area contributed by atoms with E-state index >= 15 is 0 Å². The zero-order valence-corrected chi connectivity index (χ0v) is 7.94. The lowest BCUT2D eigenvalue weighted by molar-refractivity contribution is 0.481. The van der Waals surface area contributed by atoms with Gasteiger partial charge in [0.25, 0.3) is 0 Å². The van der Waals surface area contributed by atoms with Crippen LogP contribution in [-0.4, -0.2) is 10.1 Å². The van der Waals surface area contributed by atoms with Crippen LogP contribution in [-0.2, 0) is 0 Å². The van der Waals surface area contributed by atoms with Crippen molar-refractivity contribution in [1.29, 1.82) is 0 Å². The summed E-state index contributed by atoms with van der Waals surface area (Å²) < 4.78 is 0. The molecule has 2 aromatic rings. The second-order valence-electron chi connectivity index (χ2n) is 3.38. The number of phenols is 1. The molecular formula is C11H12N2O. The maximum Gasteiger partial charge on any atom is 0.124 e. The largest absolute Gasteiger partial charge is 0.507 e. The summed E-state index contributed by atoms with van der Waals surface area (Å²) in [4.78, 5) is 3.97. The summed E-state index contributed by atoms with van der Waals surface area (Å²) in [6.07, 6.45) is 3.35. The van der Waals surface area contributed by atoms with Crippen molar-refractivity contribution < 1.29 is 5.11 Å². The maximum atomic E-state index is 9.60. The van der Waals surface area contributed by atoms with E-state index < -0.39 is 0 Å². The van der Waals surface area contributed by atoms with E-state index in [0.29, 0.717) is 0 Å². The van der Waals surface area contributed by atoms with Crippen LogP contribution in [0.2, 0.25) is 0 Å². The van der Waals surface area contributed by atoms with Crippen molar-refractivity contribution in [2.75, 3.05) is 0 Å². The molecule has 1 unspecified atom stereocenters. The highest BCUT2D eigenvalue weighted by atomic mass is 16.3. The molecule has 0 aliphatic carbocycles. The van der Waals surface area contributed by atoms with E-state index in [1.165, 1.54) is 0 Å². The highest BCUT2D eigenvalue weighted by Gasteiger charge is 2.07. The van der Waals surface area contributed by atoms with Crippen LogP contribution in [0.4, 0.5) is 0 Å². The summed E-state index contributed by atoms with van der Waals surface area (Å²) in [5.74, 6) is 0.248. The highest BCUT2D eigenvalue weighted by Crippen LogP contribution is 2.28. The second-order valence-corrected chi connectivity index (χ2v) is 3.38. The predicted octanol–water partition coefficient (Wildman–Crippen LogP) is 1.96. The fourth-order valence-electron chi connectivity index (χ4n) is 1.60. The Kier molecular flexibility index (Phi) is 2.09. The van der Waals surface area contributed by atoms with E-state index in [4.69, 9.17) is 5.73 Å². The molecule has 0 aliphatic rings. The van der Waals surface area contributed by atoms with Crippen LogP contribution in [0.1, 0.15) is 18.5 Å². The summed E-state index contributed by atoms with van der Waals surface area (Å²) in [6, 6.07) is 5.33. The Labute approximate surface area is 82.2 Å². The molecule has 0 bridgehead atoms. The topological polar surface area (TPSA) is 59.1 Å². The zero-order valence-electron chi connectivity index (χ0n) is 7.94. The fourth-order valence-corrected chi connectivity index (χ4v) is 1.60. The van der Waals surface area contributed by atoms with Crippen molar-refractivity contribution in [3.63, 3.8) is 0 Å². The van der Waals surface area contributed by atoms with Gasteiger partial charge in [-0.25, -0.2) is 0 Å². The molecule has 1 aromatic carbocycles. The number of rotatable bonds is 1. The third kappa shape index (κ3) is 1.32. The average molecular weight is 188 g/mol. The zero-order chi connectivity index (χ0) is 10.1. The fraction of sp³-hybridized carbons (Fsp3) is 0.182. The van der Waals surface area contributed by atoms with Gasteiger partial charge < -0.3 is 10.8 Å². The van der Waals surface area contributed by atoms with Crippen molar-refractivity contribution in [1.82, 2.24) is 4.98 Å². The molecule has 3 N–H and O–H groups in total. The first-order valence-electron chi connectivity index (χ1n) is 4.51. The quantitative estimate of drug-likeness (QED) is 0.719. The van der Waals surface area contributed by atoms with Crippen LogP contribution < -0.4 is 5.73 Å². The van der Waals surface area contributed by atoms with Gasteiger partial charge in [0, 0.05) is 23.8 Å². The molecule has 72 valence electrons.